The maximum absolute atomic E-state index is 12.6. The maximum atomic E-state index is 12.6. The third-order valence-electron chi connectivity index (χ3n) is 2.83. The van der Waals surface area contributed by atoms with Gasteiger partial charge >= 0.3 is 0 Å². The second-order valence-electron chi connectivity index (χ2n) is 5.03. The van der Waals surface area contributed by atoms with Crippen molar-refractivity contribution < 1.29 is 13.2 Å². The highest BCUT2D eigenvalue weighted by molar-refractivity contribution is 7.89. The van der Waals surface area contributed by atoms with Gasteiger partial charge in [-0.3, -0.25) is 0 Å². The lowest BCUT2D eigenvalue weighted by Crippen LogP contribution is -2.36. The molecule has 0 atom stereocenters. The first-order valence-corrected chi connectivity index (χ1v) is 8.53. The number of hydrogen-bond donors (Lipinski definition) is 0. The van der Waals surface area contributed by atoms with Crippen LogP contribution in [0, 0.1) is 5.92 Å². The number of halogens is 1. The van der Waals surface area contributed by atoms with E-state index in [4.69, 9.17) is 16.3 Å². The second kappa shape index (κ2) is 7.98. The monoisotopic (exact) mass is 319 g/mol. The molecule has 0 amide bonds. The molecule has 0 fully saturated rings. The lowest BCUT2D eigenvalue weighted by Gasteiger charge is -2.23. The van der Waals surface area contributed by atoms with Gasteiger partial charge in [-0.1, -0.05) is 26.0 Å². The van der Waals surface area contributed by atoms with Gasteiger partial charge < -0.3 is 4.74 Å². The Labute approximate surface area is 126 Å². The number of alkyl halides is 1. The number of nitrogens with zero attached hydrogens (tertiary/aromatic N) is 1. The van der Waals surface area contributed by atoms with Crippen LogP contribution < -0.4 is 0 Å². The molecule has 114 valence electrons. The Balaban J connectivity index is 3.00. The standard InChI is InChI=1S/C14H22ClNO3S/c1-12(2)11-16(8-9-19-3)20(17,18)14-6-4-13(10-15)5-7-14/h4-7,12H,8-11H2,1-3H3. The van der Waals surface area contributed by atoms with Gasteiger partial charge in [-0.25, -0.2) is 8.42 Å². The zero-order valence-electron chi connectivity index (χ0n) is 12.2. The Kier molecular flexibility index (Phi) is 6.95. The zero-order chi connectivity index (χ0) is 15.2. The summed E-state index contributed by atoms with van der Waals surface area (Å²) in [5.74, 6) is 0.628. The first-order chi connectivity index (χ1) is 9.41. The summed E-state index contributed by atoms with van der Waals surface area (Å²) in [6.07, 6.45) is 0. The van der Waals surface area contributed by atoms with E-state index >= 15 is 0 Å². The smallest absolute Gasteiger partial charge is 0.243 e. The van der Waals surface area contributed by atoms with Crippen LogP contribution in [0.4, 0.5) is 0 Å². The summed E-state index contributed by atoms with van der Waals surface area (Å²) in [6.45, 7) is 5.20. The minimum Gasteiger partial charge on any atom is -0.383 e. The molecule has 20 heavy (non-hydrogen) atoms. The summed E-state index contributed by atoms with van der Waals surface area (Å²) in [5.41, 5.74) is 0.901. The van der Waals surface area contributed by atoms with Crippen LogP contribution in [-0.2, 0) is 20.6 Å². The highest BCUT2D eigenvalue weighted by Gasteiger charge is 2.24. The molecule has 0 N–H and O–H groups in total. The predicted octanol–water partition coefficient (Wildman–Crippen LogP) is 2.72. The molecule has 0 bridgehead atoms. The highest BCUT2D eigenvalue weighted by atomic mass is 35.5. The molecule has 0 unspecified atom stereocenters. The van der Waals surface area contributed by atoms with Crippen LogP contribution in [0.5, 0.6) is 0 Å². The Morgan fingerprint density at radius 3 is 2.30 bits per heavy atom. The molecule has 0 aromatic heterocycles. The van der Waals surface area contributed by atoms with E-state index in [1.807, 2.05) is 13.8 Å². The fourth-order valence-corrected chi connectivity index (χ4v) is 3.58. The van der Waals surface area contributed by atoms with Gasteiger partial charge in [0.25, 0.3) is 0 Å². The molecular weight excluding hydrogens is 298 g/mol. The summed E-state index contributed by atoms with van der Waals surface area (Å²) < 4.78 is 31.7. The molecule has 0 saturated heterocycles. The second-order valence-corrected chi connectivity index (χ2v) is 7.23. The van der Waals surface area contributed by atoms with Crippen LogP contribution in [0.15, 0.2) is 29.2 Å². The Bertz CT molecular complexity index is 500. The topological polar surface area (TPSA) is 46.6 Å². The number of rotatable bonds is 8. The van der Waals surface area contributed by atoms with Crippen molar-refractivity contribution in [3.8, 4) is 0 Å². The molecular formula is C14H22ClNO3S. The summed E-state index contributed by atoms with van der Waals surface area (Å²) >= 11 is 5.72. The quantitative estimate of drug-likeness (QED) is 0.692. The van der Waals surface area contributed by atoms with Gasteiger partial charge in [0.1, 0.15) is 0 Å². The van der Waals surface area contributed by atoms with E-state index in [1.54, 1.807) is 31.4 Å². The van der Waals surface area contributed by atoms with Crippen molar-refractivity contribution in [2.45, 2.75) is 24.6 Å². The van der Waals surface area contributed by atoms with E-state index in [0.717, 1.165) is 5.56 Å². The highest BCUT2D eigenvalue weighted by Crippen LogP contribution is 2.18. The first-order valence-electron chi connectivity index (χ1n) is 6.55. The van der Waals surface area contributed by atoms with E-state index in [9.17, 15) is 8.42 Å². The lowest BCUT2D eigenvalue weighted by molar-refractivity contribution is 0.175. The summed E-state index contributed by atoms with van der Waals surface area (Å²) in [5, 5.41) is 0. The van der Waals surface area contributed by atoms with Crippen LogP contribution in [0.1, 0.15) is 19.4 Å². The van der Waals surface area contributed by atoms with E-state index in [2.05, 4.69) is 0 Å². The predicted molar refractivity (Wildman–Crippen MR) is 81.5 cm³/mol. The molecule has 0 heterocycles. The SMILES string of the molecule is COCCN(CC(C)C)S(=O)(=O)c1ccc(CCl)cc1. The van der Waals surface area contributed by atoms with E-state index < -0.39 is 10.0 Å². The summed E-state index contributed by atoms with van der Waals surface area (Å²) in [7, 11) is -1.92. The summed E-state index contributed by atoms with van der Waals surface area (Å²) in [6, 6.07) is 6.69. The Morgan fingerprint density at radius 1 is 1.25 bits per heavy atom. The van der Waals surface area contributed by atoms with Gasteiger partial charge in [0.2, 0.25) is 10.0 Å². The van der Waals surface area contributed by atoms with Crippen molar-refractivity contribution in [2.75, 3.05) is 26.8 Å². The molecule has 0 spiro atoms. The Hall–Kier alpha value is -0.620. The van der Waals surface area contributed by atoms with Crippen LogP contribution in [-0.4, -0.2) is 39.5 Å². The third-order valence-corrected chi connectivity index (χ3v) is 5.02. The molecule has 4 nitrogen and oxygen atoms in total. The van der Waals surface area contributed by atoms with Crippen molar-refractivity contribution in [3.05, 3.63) is 29.8 Å². The molecule has 1 aromatic carbocycles. The van der Waals surface area contributed by atoms with Crippen LogP contribution in [0.3, 0.4) is 0 Å². The van der Waals surface area contributed by atoms with Crippen molar-refractivity contribution in [1.29, 1.82) is 0 Å². The van der Waals surface area contributed by atoms with Crippen LogP contribution in [0.25, 0.3) is 0 Å². The van der Waals surface area contributed by atoms with Crippen molar-refractivity contribution in [2.24, 2.45) is 5.92 Å². The van der Waals surface area contributed by atoms with Crippen molar-refractivity contribution in [3.63, 3.8) is 0 Å². The number of sulfonamides is 1. The zero-order valence-corrected chi connectivity index (χ0v) is 13.7. The molecule has 6 heteroatoms. The average molecular weight is 320 g/mol. The van der Waals surface area contributed by atoms with Gasteiger partial charge in [-0.15, -0.1) is 11.6 Å². The number of benzene rings is 1. The molecule has 0 aliphatic heterocycles. The summed E-state index contributed by atoms with van der Waals surface area (Å²) in [4.78, 5) is 0.295. The third kappa shape index (κ3) is 4.74. The van der Waals surface area contributed by atoms with Crippen LogP contribution in [0.2, 0.25) is 0 Å². The molecule has 0 aliphatic carbocycles. The molecule has 0 saturated carbocycles. The van der Waals surface area contributed by atoms with Gasteiger partial charge in [0.05, 0.1) is 11.5 Å². The number of methoxy groups -OCH3 is 1. The minimum absolute atomic E-state index is 0.253. The van der Waals surface area contributed by atoms with Gasteiger partial charge in [-0.2, -0.15) is 4.31 Å². The largest absolute Gasteiger partial charge is 0.383 e. The van der Waals surface area contributed by atoms with Crippen molar-refractivity contribution in [1.82, 2.24) is 4.31 Å². The molecule has 1 rings (SSSR count). The van der Waals surface area contributed by atoms with Crippen LogP contribution >= 0.6 is 11.6 Å². The molecule has 0 radical (unpaired) electrons. The van der Waals surface area contributed by atoms with E-state index in [0.29, 0.717) is 30.5 Å². The van der Waals surface area contributed by atoms with Gasteiger partial charge in [-0.05, 0) is 23.6 Å². The molecule has 0 aliphatic rings. The number of ether oxygens (including phenoxy) is 1. The first kappa shape index (κ1) is 17.4. The number of hydrogen-bond acceptors (Lipinski definition) is 3. The fourth-order valence-electron chi connectivity index (χ4n) is 1.81. The molecule has 1 aromatic rings. The fraction of sp³-hybridized carbons (Fsp3) is 0.571. The van der Waals surface area contributed by atoms with Gasteiger partial charge in [0, 0.05) is 26.1 Å². The lowest BCUT2D eigenvalue weighted by atomic mass is 10.2. The maximum Gasteiger partial charge on any atom is 0.243 e. The Morgan fingerprint density at radius 2 is 1.85 bits per heavy atom. The minimum atomic E-state index is -3.48. The normalized spacial score (nSPS) is 12.3. The van der Waals surface area contributed by atoms with Gasteiger partial charge in [0.15, 0.2) is 0 Å². The van der Waals surface area contributed by atoms with E-state index in [1.165, 1.54) is 4.31 Å². The average Bonchev–Trinajstić information content (AvgIpc) is 2.43. The van der Waals surface area contributed by atoms with Crippen molar-refractivity contribution >= 4 is 21.6 Å². The van der Waals surface area contributed by atoms with E-state index in [-0.39, 0.29) is 5.92 Å².